The Morgan fingerprint density at radius 1 is 1.12 bits per heavy atom. The first-order valence-corrected chi connectivity index (χ1v) is 11.7. The molecule has 2 amide bonds. The van der Waals surface area contributed by atoms with Gasteiger partial charge in [-0.2, -0.15) is 0 Å². The van der Waals surface area contributed by atoms with Crippen molar-refractivity contribution in [3.8, 4) is 11.4 Å². The molecule has 0 spiro atoms. The largest absolute Gasteiger partial charge is 0.493 e. The molecule has 0 bridgehead atoms. The van der Waals surface area contributed by atoms with Crippen molar-refractivity contribution in [1.29, 1.82) is 0 Å². The standard InChI is InChI=1S/C25H28ClN5O3/c1-17(2)15-34-22-9-4-6-19(12-22)24(32)30-11-10-29(14-18(30)3)25(33)23-27-16-31(28-23)21-8-5-7-20(26)13-21/h4-9,12-13,16-18H,10-11,14-15H2,1-3H3. The van der Waals surface area contributed by atoms with Gasteiger partial charge in [0.2, 0.25) is 5.82 Å². The van der Waals surface area contributed by atoms with Crippen LogP contribution in [0.15, 0.2) is 54.9 Å². The van der Waals surface area contributed by atoms with E-state index in [-0.39, 0.29) is 23.7 Å². The second kappa shape index (κ2) is 10.3. The van der Waals surface area contributed by atoms with Crippen LogP contribution in [-0.2, 0) is 0 Å². The normalized spacial score (nSPS) is 16.1. The van der Waals surface area contributed by atoms with E-state index in [1.165, 1.54) is 11.0 Å². The number of ether oxygens (including phenoxy) is 1. The molecule has 34 heavy (non-hydrogen) atoms. The predicted molar refractivity (Wildman–Crippen MR) is 130 cm³/mol. The van der Waals surface area contributed by atoms with Crippen molar-refractivity contribution in [1.82, 2.24) is 24.6 Å². The number of hydrogen-bond donors (Lipinski definition) is 0. The third-order valence-electron chi connectivity index (χ3n) is 5.60. The molecule has 1 aliphatic heterocycles. The molecular formula is C25H28ClN5O3. The summed E-state index contributed by atoms with van der Waals surface area (Å²) in [6, 6.07) is 14.3. The number of aromatic nitrogens is 3. The summed E-state index contributed by atoms with van der Waals surface area (Å²) in [5, 5.41) is 4.90. The third kappa shape index (κ3) is 5.39. The summed E-state index contributed by atoms with van der Waals surface area (Å²) in [5.41, 5.74) is 1.30. The lowest BCUT2D eigenvalue weighted by atomic mass is 10.1. The second-order valence-electron chi connectivity index (χ2n) is 8.82. The topological polar surface area (TPSA) is 80.6 Å². The summed E-state index contributed by atoms with van der Waals surface area (Å²) in [5.74, 6) is 0.863. The fourth-order valence-corrected chi connectivity index (χ4v) is 4.02. The molecule has 1 saturated heterocycles. The van der Waals surface area contributed by atoms with Crippen molar-refractivity contribution in [3.63, 3.8) is 0 Å². The van der Waals surface area contributed by atoms with Crippen LogP contribution in [0.2, 0.25) is 5.02 Å². The van der Waals surface area contributed by atoms with Gasteiger partial charge in [-0.1, -0.05) is 37.6 Å². The van der Waals surface area contributed by atoms with E-state index in [1.807, 2.05) is 31.2 Å². The van der Waals surface area contributed by atoms with Gasteiger partial charge in [-0.05, 0) is 49.2 Å². The number of hydrogen-bond acceptors (Lipinski definition) is 5. The van der Waals surface area contributed by atoms with Gasteiger partial charge in [0.1, 0.15) is 12.1 Å². The van der Waals surface area contributed by atoms with Crippen LogP contribution in [0, 0.1) is 5.92 Å². The molecular weight excluding hydrogens is 454 g/mol. The molecule has 4 rings (SSSR count). The van der Waals surface area contributed by atoms with Crippen LogP contribution in [0.4, 0.5) is 0 Å². The number of rotatable bonds is 6. The zero-order valence-corrected chi connectivity index (χ0v) is 20.3. The first-order valence-electron chi connectivity index (χ1n) is 11.3. The van der Waals surface area contributed by atoms with Crippen LogP contribution < -0.4 is 4.74 Å². The van der Waals surface area contributed by atoms with Gasteiger partial charge in [0.15, 0.2) is 0 Å². The van der Waals surface area contributed by atoms with Crippen molar-refractivity contribution in [3.05, 3.63) is 71.3 Å². The second-order valence-corrected chi connectivity index (χ2v) is 9.26. The maximum atomic E-state index is 13.2. The van der Waals surface area contributed by atoms with Gasteiger partial charge in [-0.25, -0.2) is 9.67 Å². The molecule has 9 heteroatoms. The monoisotopic (exact) mass is 481 g/mol. The summed E-state index contributed by atoms with van der Waals surface area (Å²) < 4.78 is 7.29. The molecule has 1 unspecified atom stereocenters. The highest BCUT2D eigenvalue weighted by molar-refractivity contribution is 6.30. The van der Waals surface area contributed by atoms with Gasteiger partial charge in [0.25, 0.3) is 11.8 Å². The minimum absolute atomic E-state index is 0.0713. The van der Waals surface area contributed by atoms with E-state index in [1.54, 1.807) is 34.1 Å². The molecule has 178 valence electrons. The number of carbonyl (C=O) groups is 2. The van der Waals surface area contributed by atoms with Crippen LogP contribution in [0.25, 0.3) is 5.69 Å². The zero-order valence-electron chi connectivity index (χ0n) is 19.5. The maximum absolute atomic E-state index is 13.2. The molecule has 0 N–H and O–H groups in total. The lowest BCUT2D eigenvalue weighted by Gasteiger charge is -2.39. The van der Waals surface area contributed by atoms with Gasteiger partial charge in [0, 0.05) is 36.3 Å². The zero-order chi connectivity index (χ0) is 24.2. The molecule has 2 aromatic carbocycles. The van der Waals surface area contributed by atoms with E-state index in [0.29, 0.717) is 48.5 Å². The molecule has 0 aliphatic carbocycles. The van der Waals surface area contributed by atoms with Crippen molar-refractivity contribution in [2.24, 2.45) is 5.92 Å². The van der Waals surface area contributed by atoms with Crippen LogP contribution in [-0.4, -0.2) is 68.7 Å². The lowest BCUT2D eigenvalue weighted by molar-refractivity contribution is 0.0408. The first-order chi connectivity index (χ1) is 16.3. The smallest absolute Gasteiger partial charge is 0.293 e. The highest BCUT2D eigenvalue weighted by atomic mass is 35.5. The van der Waals surface area contributed by atoms with E-state index >= 15 is 0 Å². The highest BCUT2D eigenvalue weighted by Gasteiger charge is 2.32. The molecule has 1 aliphatic rings. The molecule has 0 saturated carbocycles. The van der Waals surface area contributed by atoms with Crippen LogP contribution in [0.1, 0.15) is 41.7 Å². The van der Waals surface area contributed by atoms with Gasteiger partial charge < -0.3 is 14.5 Å². The van der Waals surface area contributed by atoms with Crippen molar-refractivity contribution in [2.45, 2.75) is 26.8 Å². The Labute approximate surface area is 204 Å². The number of halogens is 1. The summed E-state index contributed by atoms with van der Waals surface area (Å²) >= 11 is 6.05. The molecule has 2 heterocycles. The summed E-state index contributed by atoms with van der Waals surface area (Å²) in [4.78, 5) is 33.8. The number of nitrogens with zero attached hydrogens (tertiary/aromatic N) is 5. The van der Waals surface area contributed by atoms with Crippen molar-refractivity contribution >= 4 is 23.4 Å². The molecule has 3 aromatic rings. The first kappa shape index (κ1) is 23.8. The highest BCUT2D eigenvalue weighted by Crippen LogP contribution is 2.20. The van der Waals surface area contributed by atoms with E-state index in [4.69, 9.17) is 16.3 Å². The fraction of sp³-hybridized carbons (Fsp3) is 0.360. The van der Waals surface area contributed by atoms with Crippen molar-refractivity contribution in [2.75, 3.05) is 26.2 Å². The molecule has 0 radical (unpaired) electrons. The number of carbonyl (C=O) groups excluding carboxylic acids is 2. The van der Waals surface area contributed by atoms with Crippen LogP contribution in [0.5, 0.6) is 5.75 Å². The average Bonchev–Trinajstić information content (AvgIpc) is 3.32. The van der Waals surface area contributed by atoms with Gasteiger partial charge >= 0.3 is 0 Å². The third-order valence-corrected chi connectivity index (χ3v) is 5.83. The molecule has 1 fully saturated rings. The Bertz CT molecular complexity index is 1180. The van der Waals surface area contributed by atoms with E-state index in [2.05, 4.69) is 23.9 Å². The average molecular weight is 482 g/mol. The van der Waals surface area contributed by atoms with Crippen LogP contribution in [0.3, 0.4) is 0 Å². The summed E-state index contributed by atoms with van der Waals surface area (Å²) in [6.45, 7) is 7.93. The van der Waals surface area contributed by atoms with Gasteiger partial charge in [0.05, 0.1) is 12.3 Å². The van der Waals surface area contributed by atoms with Gasteiger partial charge in [-0.15, -0.1) is 5.10 Å². The number of piperazine rings is 1. The summed E-state index contributed by atoms with van der Waals surface area (Å²) in [7, 11) is 0. The Morgan fingerprint density at radius 2 is 1.91 bits per heavy atom. The van der Waals surface area contributed by atoms with E-state index in [9.17, 15) is 9.59 Å². The van der Waals surface area contributed by atoms with Crippen LogP contribution >= 0.6 is 11.6 Å². The minimum atomic E-state index is -0.260. The number of benzene rings is 2. The number of amides is 2. The quantitative estimate of drug-likeness (QED) is 0.532. The minimum Gasteiger partial charge on any atom is -0.493 e. The molecule has 8 nitrogen and oxygen atoms in total. The Hall–Kier alpha value is -3.39. The lowest BCUT2D eigenvalue weighted by Crippen LogP contribution is -2.55. The van der Waals surface area contributed by atoms with Gasteiger partial charge in [-0.3, -0.25) is 9.59 Å². The SMILES string of the molecule is CC(C)COc1cccc(C(=O)N2CCN(C(=O)c3ncn(-c4cccc(Cl)c4)n3)CC2C)c1. The summed E-state index contributed by atoms with van der Waals surface area (Å²) in [6.07, 6.45) is 1.50. The Kier molecular flexibility index (Phi) is 7.17. The molecule has 1 atom stereocenters. The van der Waals surface area contributed by atoms with E-state index < -0.39 is 0 Å². The van der Waals surface area contributed by atoms with Crippen molar-refractivity contribution < 1.29 is 14.3 Å². The molecule has 1 aromatic heterocycles. The maximum Gasteiger partial charge on any atom is 0.293 e. The fourth-order valence-electron chi connectivity index (χ4n) is 3.84. The predicted octanol–water partition coefficient (Wildman–Crippen LogP) is 3.94. The Morgan fingerprint density at radius 3 is 2.65 bits per heavy atom. The van der Waals surface area contributed by atoms with E-state index in [0.717, 1.165) is 5.69 Å². The Balaban J connectivity index is 1.40.